The van der Waals surface area contributed by atoms with Gasteiger partial charge in [0.2, 0.25) is 11.7 Å². The molecule has 0 aliphatic heterocycles. The van der Waals surface area contributed by atoms with Crippen LogP contribution in [0.1, 0.15) is 54.0 Å². The van der Waals surface area contributed by atoms with Crippen molar-refractivity contribution < 1.29 is 19.1 Å². The lowest BCUT2D eigenvalue weighted by Crippen LogP contribution is -2.30. The molecule has 0 saturated heterocycles. The van der Waals surface area contributed by atoms with Crippen LogP contribution in [-0.4, -0.2) is 23.8 Å². The molecule has 6 heteroatoms. The summed E-state index contributed by atoms with van der Waals surface area (Å²) in [6.45, 7) is 5.00. The van der Waals surface area contributed by atoms with Gasteiger partial charge in [0.15, 0.2) is 6.10 Å². The third-order valence-electron chi connectivity index (χ3n) is 3.96. The zero-order chi connectivity index (χ0) is 19.1. The van der Waals surface area contributed by atoms with Crippen molar-refractivity contribution in [1.29, 1.82) is 0 Å². The third kappa shape index (κ3) is 5.52. The molecule has 1 heterocycles. The molecule has 0 spiro atoms. The molecule has 2 aromatic rings. The van der Waals surface area contributed by atoms with E-state index in [1.807, 2.05) is 36.6 Å². The molecule has 1 aromatic carbocycles. The van der Waals surface area contributed by atoms with Crippen molar-refractivity contribution in [2.24, 2.45) is 0 Å². The largest absolute Gasteiger partial charge is 0.454 e. The minimum absolute atomic E-state index is 0.0213. The van der Waals surface area contributed by atoms with Gasteiger partial charge in [-0.2, -0.15) is 0 Å². The lowest BCUT2D eigenvalue weighted by atomic mass is 10.0. The number of aryl methyl sites for hydroxylation is 1. The molecule has 2 unspecified atom stereocenters. The highest BCUT2D eigenvalue weighted by Gasteiger charge is 2.23. The fourth-order valence-electron chi connectivity index (χ4n) is 2.56. The molecule has 138 valence electrons. The second kappa shape index (κ2) is 9.29. The van der Waals surface area contributed by atoms with Gasteiger partial charge in [0.25, 0.3) is 0 Å². The van der Waals surface area contributed by atoms with E-state index >= 15 is 0 Å². The Kier molecular flexibility index (Phi) is 7.09. The summed E-state index contributed by atoms with van der Waals surface area (Å²) < 4.78 is 5.30. The molecule has 0 radical (unpaired) electrons. The van der Waals surface area contributed by atoms with Crippen molar-refractivity contribution in [3.8, 4) is 0 Å². The van der Waals surface area contributed by atoms with Crippen molar-refractivity contribution >= 4 is 29.0 Å². The van der Waals surface area contributed by atoms with Gasteiger partial charge >= 0.3 is 5.97 Å². The molecule has 0 saturated carbocycles. The summed E-state index contributed by atoms with van der Waals surface area (Å²) in [7, 11) is 0. The molecule has 1 N–H and O–H groups in total. The SMILES string of the molecule is CCc1ccc(C(=O)C(C)OC(=O)CC(NC(C)=O)c2cccs2)cc1. The Bertz CT molecular complexity index is 753. The van der Waals surface area contributed by atoms with E-state index in [0.29, 0.717) is 5.56 Å². The highest BCUT2D eigenvalue weighted by molar-refractivity contribution is 7.10. The maximum Gasteiger partial charge on any atom is 0.308 e. The lowest BCUT2D eigenvalue weighted by molar-refractivity contribution is -0.147. The molecule has 2 rings (SSSR count). The molecule has 0 fully saturated rings. The van der Waals surface area contributed by atoms with Gasteiger partial charge < -0.3 is 10.1 Å². The highest BCUT2D eigenvalue weighted by Crippen LogP contribution is 2.23. The van der Waals surface area contributed by atoms with Gasteiger partial charge in [-0.05, 0) is 30.4 Å². The first kappa shape index (κ1) is 19.8. The maximum absolute atomic E-state index is 12.4. The van der Waals surface area contributed by atoms with Gasteiger partial charge in [-0.3, -0.25) is 14.4 Å². The topological polar surface area (TPSA) is 72.5 Å². The second-order valence-corrected chi connectivity index (χ2v) is 7.00. The van der Waals surface area contributed by atoms with Gasteiger partial charge in [-0.25, -0.2) is 0 Å². The van der Waals surface area contributed by atoms with Gasteiger partial charge in [-0.1, -0.05) is 37.3 Å². The number of thiophene rings is 1. The van der Waals surface area contributed by atoms with Crippen LogP contribution >= 0.6 is 11.3 Å². The fourth-order valence-corrected chi connectivity index (χ4v) is 3.34. The molecular weight excluding hydrogens is 350 g/mol. The minimum atomic E-state index is -0.878. The predicted octanol–water partition coefficient (Wildman–Crippen LogP) is 3.69. The number of benzene rings is 1. The summed E-state index contributed by atoms with van der Waals surface area (Å²) >= 11 is 1.45. The number of nitrogens with one attached hydrogen (secondary N) is 1. The van der Waals surface area contributed by atoms with Gasteiger partial charge in [0.05, 0.1) is 12.5 Å². The molecule has 2 atom stereocenters. The number of amides is 1. The minimum Gasteiger partial charge on any atom is -0.454 e. The van der Waals surface area contributed by atoms with E-state index in [4.69, 9.17) is 4.74 Å². The molecule has 1 amide bonds. The number of hydrogen-bond donors (Lipinski definition) is 1. The Morgan fingerprint density at radius 3 is 2.38 bits per heavy atom. The van der Waals surface area contributed by atoms with Crippen LogP contribution in [0.5, 0.6) is 0 Å². The number of rotatable bonds is 8. The maximum atomic E-state index is 12.4. The van der Waals surface area contributed by atoms with Crippen LogP contribution < -0.4 is 5.32 Å². The summed E-state index contributed by atoms with van der Waals surface area (Å²) in [6.07, 6.45) is -0.00467. The Balaban J connectivity index is 1.98. The number of carbonyl (C=O) groups is 3. The number of ketones is 1. The highest BCUT2D eigenvalue weighted by atomic mass is 32.1. The fraction of sp³-hybridized carbons (Fsp3) is 0.350. The number of ether oxygens (including phenoxy) is 1. The van der Waals surface area contributed by atoms with Crippen molar-refractivity contribution in [1.82, 2.24) is 5.32 Å². The smallest absolute Gasteiger partial charge is 0.308 e. The second-order valence-electron chi connectivity index (χ2n) is 6.02. The zero-order valence-electron chi connectivity index (χ0n) is 15.2. The number of hydrogen-bond acceptors (Lipinski definition) is 5. The van der Waals surface area contributed by atoms with Gasteiger partial charge in [0.1, 0.15) is 0 Å². The van der Waals surface area contributed by atoms with E-state index in [-0.39, 0.29) is 18.1 Å². The quantitative estimate of drug-likeness (QED) is 0.566. The van der Waals surface area contributed by atoms with Crippen LogP contribution in [0, 0.1) is 0 Å². The molecule has 0 aliphatic rings. The average molecular weight is 373 g/mol. The van der Waals surface area contributed by atoms with Crippen molar-refractivity contribution in [3.05, 3.63) is 57.8 Å². The van der Waals surface area contributed by atoms with Gasteiger partial charge in [-0.15, -0.1) is 11.3 Å². The van der Waals surface area contributed by atoms with Crippen molar-refractivity contribution in [2.75, 3.05) is 0 Å². The summed E-state index contributed by atoms with van der Waals surface area (Å²) in [5, 5.41) is 4.62. The van der Waals surface area contributed by atoms with E-state index in [1.165, 1.54) is 18.3 Å². The summed E-state index contributed by atoms with van der Waals surface area (Å²) in [5.74, 6) is -0.993. The average Bonchev–Trinajstić information content (AvgIpc) is 3.14. The van der Waals surface area contributed by atoms with E-state index in [2.05, 4.69) is 5.32 Å². The molecule has 0 aliphatic carbocycles. The van der Waals surface area contributed by atoms with Crippen molar-refractivity contribution in [2.45, 2.75) is 45.8 Å². The monoisotopic (exact) mass is 373 g/mol. The molecule has 5 nitrogen and oxygen atoms in total. The molecule has 26 heavy (non-hydrogen) atoms. The Morgan fingerprint density at radius 1 is 1.15 bits per heavy atom. The number of esters is 1. The zero-order valence-corrected chi connectivity index (χ0v) is 16.0. The summed E-state index contributed by atoms with van der Waals surface area (Å²) in [4.78, 5) is 36.9. The van der Waals surface area contributed by atoms with Crippen LogP contribution in [-0.2, 0) is 20.7 Å². The Morgan fingerprint density at radius 2 is 1.85 bits per heavy atom. The summed E-state index contributed by atoms with van der Waals surface area (Å²) in [5.41, 5.74) is 1.65. The lowest BCUT2D eigenvalue weighted by Gasteiger charge is -2.18. The molecular formula is C20H23NO4S. The number of Topliss-reactive ketones (excluding diaryl/α,β-unsaturated/α-hetero) is 1. The van der Waals surface area contributed by atoms with Gasteiger partial charge in [0, 0.05) is 17.4 Å². The predicted molar refractivity (Wildman–Crippen MR) is 101 cm³/mol. The number of carbonyl (C=O) groups excluding carboxylic acids is 3. The van der Waals surface area contributed by atoms with E-state index in [0.717, 1.165) is 16.9 Å². The van der Waals surface area contributed by atoms with Crippen LogP contribution in [0.4, 0.5) is 0 Å². The van der Waals surface area contributed by atoms with Crippen LogP contribution in [0.3, 0.4) is 0 Å². The molecule has 1 aromatic heterocycles. The van der Waals surface area contributed by atoms with E-state index < -0.39 is 18.1 Å². The van der Waals surface area contributed by atoms with E-state index in [9.17, 15) is 14.4 Å². The first-order chi connectivity index (χ1) is 12.4. The summed E-state index contributed by atoms with van der Waals surface area (Å²) in [6, 6.07) is 10.5. The first-order valence-electron chi connectivity index (χ1n) is 8.53. The molecule has 0 bridgehead atoms. The van der Waals surface area contributed by atoms with Crippen LogP contribution in [0.2, 0.25) is 0 Å². The first-order valence-corrected chi connectivity index (χ1v) is 9.41. The van der Waals surface area contributed by atoms with Crippen LogP contribution in [0.15, 0.2) is 41.8 Å². The normalized spacial score (nSPS) is 12.9. The van der Waals surface area contributed by atoms with E-state index in [1.54, 1.807) is 19.1 Å². The van der Waals surface area contributed by atoms with Crippen LogP contribution in [0.25, 0.3) is 0 Å². The Hall–Kier alpha value is -2.47. The standard InChI is InChI=1S/C20H23NO4S/c1-4-15-7-9-16(10-8-15)20(24)13(2)25-19(23)12-17(21-14(3)22)18-6-5-11-26-18/h5-11,13,17H,4,12H2,1-3H3,(H,21,22). The Labute approximate surface area is 157 Å². The third-order valence-corrected chi connectivity index (χ3v) is 4.95. The van der Waals surface area contributed by atoms with Crippen molar-refractivity contribution in [3.63, 3.8) is 0 Å².